The zero-order valence-electron chi connectivity index (χ0n) is 5.86. The smallest absolute Gasteiger partial charge is 0.162 e. The highest BCUT2D eigenvalue weighted by Crippen LogP contribution is 2.01. The summed E-state index contributed by atoms with van der Waals surface area (Å²) >= 11 is 0. The highest BCUT2D eigenvalue weighted by Gasteiger charge is 1.97. The lowest BCUT2D eigenvalue weighted by Gasteiger charge is -1.94. The molecule has 56 valence electrons. The fourth-order valence-electron chi connectivity index (χ4n) is 0.635. The van der Waals surface area contributed by atoms with Crippen LogP contribution in [0, 0.1) is 5.41 Å². The van der Waals surface area contributed by atoms with Gasteiger partial charge in [0.2, 0.25) is 0 Å². The van der Waals surface area contributed by atoms with Crippen molar-refractivity contribution in [3.05, 3.63) is 30.5 Å². The molecule has 4 nitrogen and oxygen atoms in total. The summed E-state index contributed by atoms with van der Waals surface area (Å²) in [7, 11) is 0. The van der Waals surface area contributed by atoms with Crippen molar-refractivity contribution in [2.45, 2.75) is 0 Å². The number of nitrogens with one attached hydrogen (secondary N) is 1. The lowest BCUT2D eigenvalue weighted by atomic mass is 10.3. The average Bonchev–Trinajstić information content (AvgIpc) is 2.09. The molecule has 1 rings (SSSR count). The van der Waals surface area contributed by atoms with Crippen LogP contribution < -0.4 is 5.73 Å². The van der Waals surface area contributed by atoms with Crippen LogP contribution in [-0.4, -0.2) is 16.2 Å². The van der Waals surface area contributed by atoms with E-state index in [9.17, 15) is 0 Å². The molecule has 4 heteroatoms. The van der Waals surface area contributed by atoms with Crippen molar-refractivity contribution in [3.8, 4) is 0 Å². The Bertz CT molecular complexity index is 265. The van der Waals surface area contributed by atoms with Gasteiger partial charge in [-0.15, -0.1) is 0 Å². The second-order valence-electron chi connectivity index (χ2n) is 1.84. The van der Waals surface area contributed by atoms with E-state index in [4.69, 9.17) is 11.1 Å². The Balaban J connectivity index is 3.01. The van der Waals surface area contributed by atoms with Crippen LogP contribution in [0.1, 0.15) is 5.82 Å². The maximum Gasteiger partial charge on any atom is 0.162 e. The number of aromatic nitrogens is 2. The largest absolute Gasteiger partial charge is 0.404 e. The minimum Gasteiger partial charge on any atom is -0.404 e. The summed E-state index contributed by atoms with van der Waals surface area (Å²) in [5, 5.41) is 6.94. The van der Waals surface area contributed by atoms with Crippen molar-refractivity contribution in [1.29, 1.82) is 5.41 Å². The average molecular weight is 148 g/mol. The zero-order chi connectivity index (χ0) is 8.10. The summed E-state index contributed by atoms with van der Waals surface area (Å²) in [6.07, 6.45) is 5.64. The molecule has 1 aromatic heterocycles. The van der Waals surface area contributed by atoms with Gasteiger partial charge in [0, 0.05) is 24.8 Å². The lowest BCUT2D eigenvalue weighted by molar-refractivity contribution is 1.12. The Hall–Kier alpha value is -1.71. The van der Waals surface area contributed by atoms with Gasteiger partial charge in [0.1, 0.15) is 0 Å². The second kappa shape index (κ2) is 3.46. The number of hydrogen-bond donors (Lipinski definition) is 2. The topological polar surface area (TPSA) is 75.7 Å². The molecule has 0 saturated heterocycles. The van der Waals surface area contributed by atoms with Gasteiger partial charge in [-0.3, -0.25) is 0 Å². The first-order chi connectivity index (χ1) is 5.38. The molecule has 3 N–H and O–H groups in total. The molecule has 0 atom stereocenters. The van der Waals surface area contributed by atoms with Crippen molar-refractivity contribution in [2.24, 2.45) is 5.73 Å². The quantitative estimate of drug-likeness (QED) is 0.597. The van der Waals surface area contributed by atoms with Crippen LogP contribution in [-0.2, 0) is 0 Å². The van der Waals surface area contributed by atoms with E-state index in [1.807, 2.05) is 0 Å². The fraction of sp³-hybridized carbons (Fsp3) is 0. The fourth-order valence-corrected chi connectivity index (χ4v) is 0.635. The molecule has 1 aromatic rings. The molecule has 11 heavy (non-hydrogen) atoms. The first-order valence-electron chi connectivity index (χ1n) is 3.08. The van der Waals surface area contributed by atoms with Gasteiger partial charge < -0.3 is 11.1 Å². The van der Waals surface area contributed by atoms with Crippen LogP contribution >= 0.6 is 0 Å². The number of allylic oxidation sites excluding steroid dienone is 1. The van der Waals surface area contributed by atoms with Gasteiger partial charge in [-0.05, 0) is 6.07 Å². The Morgan fingerprint density at radius 1 is 1.45 bits per heavy atom. The third-order valence-corrected chi connectivity index (χ3v) is 1.16. The van der Waals surface area contributed by atoms with E-state index < -0.39 is 0 Å². The predicted molar refractivity (Wildman–Crippen MR) is 43.0 cm³/mol. The highest BCUT2D eigenvalue weighted by atomic mass is 14.9. The van der Waals surface area contributed by atoms with E-state index >= 15 is 0 Å². The van der Waals surface area contributed by atoms with Gasteiger partial charge >= 0.3 is 0 Å². The van der Waals surface area contributed by atoms with Gasteiger partial charge in [0.25, 0.3) is 0 Å². The van der Waals surface area contributed by atoms with Gasteiger partial charge in [0.05, 0.1) is 5.57 Å². The van der Waals surface area contributed by atoms with Gasteiger partial charge in [0.15, 0.2) is 5.82 Å². The Kier molecular flexibility index (Phi) is 2.32. The van der Waals surface area contributed by atoms with Gasteiger partial charge in [-0.25, -0.2) is 9.97 Å². The maximum absolute atomic E-state index is 6.94. The summed E-state index contributed by atoms with van der Waals surface area (Å²) in [6.45, 7) is 0. The Morgan fingerprint density at radius 3 is 2.55 bits per heavy atom. The molecule has 0 aromatic carbocycles. The number of rotatable bonds is 2. The maximum atomic E-state index is 6.94. The minimum absolute atomic E-state index is 0.477. The van der Waals surface area contributed by atoms with E-state index in [0.29, 0.717) is 11.4 Å². The molecule has 0 aliphatic rings. The summed E-state index contributed by atoms with van der Waals surface area (Å²) in [6, 6.07) is 1.71. The third-order valence-electron chi connectivity index (χ3n) is 1.16. The standard InChI is InChI=1S/C7H8N4/c8-4-6(5-9)7-10-2-1-3-11-7/h1-5,8H,9H2/b6-5+,8-4?. The highest BCUT2D eigenvalue weighted by molar-refractivity contribution is 6.06. The van der Waals surface area contributed by atoms with Crippen molar-refractivity contribution in [2.75, 3.05) is 0 Å². The zero-order valence-corrected chi connectivity index (χ0v) is 5.86. The van der Waals surface area contributed by atoms with Crippen molar-refractivity contribution >= 4 is 11.8 Å². The molecule has 0 spiro atoms. The number of nitrogens with two attached hydrogens (primary N) is 1. The molecule has 0 unspecified atom stereocenters. The predicted octanol–water partition coefficient (Wildman–Crippen LogP) is 0.426. The van der Waals surface area contributed by atoms with Crippen LogP contribution in [0.15, 0.2) is 24.7 Å². The van der Waals surface area contributed by atoms with Crippen LogP contribution in [0.2, 0.25) is 0 Å². The molecule has 0 saturated carbocycles. The Labute approximate surface area is 64.3 Å². The summed E-state index contributed by atoms with van der Waals surface area (Å²) in [4.78, 5) is 7.82. The van der Waals surface area contributed by atoms with E-state index in [1.54, 1.807) is 18.5 Å². The van der Waals surface area contributed by atoms with Gasteiger partial charge in [-0.1, -0.05) is 0 Å². The number of nitrogens with zero attached hydrogens (tertiary/aromatic N) is 2. The Morgan fingerprint density at radius 2 is 2.09 bits per heavy atom. The third kappa shape index (κ3) is 1.61. The first-order valence-corrected chi connectivity index (χ1v) is 3.08. The molecule has 0 amide bonds. The lowest BCUT2D eigenvalue weighted by Crippen LogP contribution is -1.95. The van der Waals surface area contributed by atoms with Crippen LogP contribution in [0.25, 0.3) is 5.57 Å². The molecule has 0 fully saturated rings. The SMILES string of the molecule is N=C/C(=C\N)c1ncccn1. The van der Waals surface area contributed by atoms with E-state index in [2.05, 4.69) is 9.97 Å². The molecule has 0 radical (unpaired) electrons. The number of hydrogen-bond acceptors (Lipinski definition) is 4. The molecule has 0 aliphatic carbocycles. The second-order valence-corrected chi connectivity index (χ2v) is 1.84. The summed E-state index contributed by atoms with van der Waals surface area (Å²) < 4.78 is 0. The van der Waals surface area contributed by atoms with Crippen molar-refractivity contribution in [1.82, 2.24) is 9.97 Å². The van der Waals surface area contributed by atoms with Crippen LogP contribution in [0.4, 0.5) is 0 Å². The van der Waals surface area contributed by atoms with Crippen LogP contribution in [0.5, 0.6) is 0 Å². The van der Waals surface area contributed by atoms with Gasteiger partial charge in [-0.2, -0.15) is 0 Å². The van der Waals surface area contributed by atoms with Crippen LogP contribution in [0.3, 0.4) is 0 Å². The molecular weight excluding hydrogens is 140 g/mol. The van der Waals surface area contributed by atoms with Crippen molar-refractivity contribution < 1.29 is 0 Å². The molecule has 0 aliphatic heterocycles. The normalized spacial score (nSPS) is 11.1. The van der Waals surface area contributed by atoms with E-state index in [-0.39, 0.29) is 0 Å². The monoisotopic (exact) mass is 148 g/mol. The molecule has 0 bridgehead atoms. The summed E-state index contributed by atoms with van der Waals surface area (Å²) in [5.41, 5.74) is 5.74. The first kappa shape index (κ1) is 7.40. The minimum atomic E-state index is 0.477. The van der Waals surface area contributed by atoms with Crippen molar-refractivity contribution in [3.63, 3.8) is 0 Å². The molecule has 1 heterocycles. The molecular formula is C7H8N4. The summed E-state index contributed by atoms with van der Waals surface area (Å²) in [5.74, 6) is 0.477. The van der Waals surface area contributed by atoms with E-state index in [1.165, 1.54) is 6.20 Å². The van der Waals surface area contributed by atoms with E-state index in [0.717, 1.165) is 6.21 Å².